The number of rotatable bonds is 2. The summed E-state index contributed by atoms with van der Waals surface area (Å²) in [6.45, 7) is 0. The van der Waals surface area contributed by atoms with Crippen LogP contribution in [0.3, 0.4) is 0 Å². The normalized spacial score (nSPS) is 10.4. The van der Waals surface area contributed by atoms with Gasteiger partial charge in [0.05, 0.1) is 11.1 Å². The summed E-state index contributed by atoms with van der Waals surface area (Å²) >= 11 is 3.04. The van der Waals surface area contributed by atoms with Gasteiger partial charge >= 0.3 is 0 Å². The number of halogens is 4. The molecule has 2 aromatic carbocycles. The fraction of sp³-hybridized carbons (Fsp3) is 0. The van der Waals surface area contributed by atoms with Gasteiger partial charge in [0.15, 0.2) is 17.4 Å². The number of hydrogen-bond acceptors (Lipinski definition) is 1. The van der Waals surface area contributed by atoms with Crippen molar-refractivity contribution in [1.29, 1.82) is 0 Å². The molecular weight excluding hydrogens is 309 g/mol. The fourth-order valence-electron chi connectivity index (χ4n) is 1.50. The lowest BCUT2D eigenvalue weighted by molar-refractivity contribution is 0.103. The Morgan fingerprint density at radius 3 is 2.33 bits per heavy atom. The topological polar surface area (TPSA) is 17.1 Å². The second kappa shape index (κ2) is 4.94. The SMILES string of the molecule is O=C(c1ccc(Br)cc1F)c1cccc(F)c1F. The fourth-order valence-corrected chi connectivity index (χ4v) is 1.83. The zero-order chi connectivity index (χ0) is 13.3. The number of benzene rings is 2. The highest BCUT2D eigenvalue weighted by Gasteiger charge is 2.19. The lowest BCUT2D eigenvalue weighted by atomic mass is 10.0. The minimum atomic E-state index is -1.27. The van der Waals surface area contributed by atoms with E-state index in [4.69, 9.17) is 0 Å². The molecule has 0 radical (unpaired) electrons. The maximum absolute atomic E-state index is 13.6. The molecule has 2 rings (SSSR count). The van der Waals surface area contributed by atoms with Gasteiger partial charge in [-0.25, -0.2) is 13.2 Å². The van der Waals surface area contributed by atoms with Crippen molar-refractivity contribution in [3.63, 3.8) is 0 Å². The van der Waals surface area contributed by atoms with Crippen LogP contribution in [0.4, 0.5) is 13.2 Å². The van der Waals surface area contributed by atoms with Crippen molar-refractivity contribution in [1.82, 2.24) is 0 Å². The maximum atomic E-state index is 13.6. The van der Waals surface area contributed by atoms with Gasteiger partial charge in [-0.05, 0) is 30.3 Å². The van der Waals surface area contributed by atoms with Crippen LogP contribution in [0.1, 0.15) is 15.9 Å². The van der Waals surface area contributed by atoms with Crippen molar-refractivity contribution in [2.24, 2.45) is 0 Å². The first-order valence-electron chi connectivity index (χ1n) is 4.94. The third kappa shape index (κ3) is 2.31. The average Bonchev–Trinajstić information content (AvgIpc) is 2.32. The minimum Gasteiger partial charge on any atom is -0.288 e. The van der Waals surface area contributed by atoms with Crippen LogP contribution in [0.5, 0.6) is 0 Å². The second-order valence-electron chi connectivity index (χ2n) is 3.55. The Kier molecular flexibility index (Phi) is 3.52. The Labute approximate surface area is 109 Å². The van der Waals surface area contributed by atoms with Crippen molar-refractivity contribution in [2.45, 2.75) is 0 Å². The summed E-state index contributed by atoms with van der Waals surface area (Å²) < 4.78 is 40.4. The molecule has 18 heavy (non-hydrogen) atoms. The van der Waals surface area contributed by atoms with Crippen LogP contribution >= 0.6 is 15.9 Å². The summed E-state index contributed by atoms with van der Waals surface area (Å²) in [6.07, 6.45) is 0. The van der Waals surface area contributed by atoms with E-state index in [9.17, 15) is 18.0 Å². The highest BCUT2D eigenvalue weighted by atomic mass is 79.9. The van der Waals surface area contributed by atoms with Crippen LogP contribution in [0.15, 0.2) is 40.9 Å². The first-order valence-corrected chi connectivity index (χ1v) is 5.74. The van der Waals surface area contributed by atoms with E-state index < -0.39 is 28.8 Å². The van der Waals surface area contributed by atoms with Gasteiger partial charge in [-0.3, -0.25) is 4.79 Å². The van der Waals surface area contributed by atoms with Crippen molar-refractivity contribution in [3.05, 3.63) is 69.4 Å². The number of carbonyl (C=O) groups is 1. The number of carbonyl (C=O) groups excluding carboxylic acids is 1. The van der Waals surface area contributed by atoms with Crippen molar-refractivity contribution < 1.29 is 18.0 Å². The smallest absolute Gasteiger partial charge is 0.199 e. The van der Waals surface area contributed by atoms with E-state index in [-0.39, 0.29) is 5.56 Å². The molecule has 0 aliphatic rings. The van der Waals surface area contributed by atoms with Gasteiger partial charge in [0.1, 0.15) is 5.82 Å². The number of hydrogen-bond donors (Lipinski definition) is 0. The molecule has 5 heteroatoms. The molecule has 0 spiro atoms. The molecule has 0 saturated heterocycles. The Balaban J connectivity index is 2.51. The quantitative estimate of drug-likeness (QED) is 0.763. The van der Waals surface area contributed by atoms with Gasteiger partial charge < -0.3 is 0 Å². The molecule has 0 bridgehead atoms. The summed E-state index contributed by atoms with van der Waals surface area (Å²) in [6, 6.07) is 6.96. The van der Waals surface area contributed by atoms with Crippen molar-refractivity contribution in [3.8, 4) is 0 Å². The first kappa shape index (κ1) is 12.8. The Morgan fingerprint density at radius 2 is 1.67 bits per heavy atom. The molecule has 0 fully saturated rings. The van der Waals surface area contributed by atoms with Gasteiger partial charge in [-0.1, -0.05) is 22.0 Å². The van der Waals surface area contributed by atoms with Crippen LogP contribution in [-0.4, -0.2) is 5.78 Å². The lowest BCUT2D eigenvalue weighted by Gasteiger charge is -2.05. The average molecular weight is 315 g/mol. The molecule has 0 aliphatic carbocycles. The molecule has 0 saturated carbocycles. The molecular formula is C13H6BrF3O. The van der Waals surface area contributed by atoms with Crippen LogP contribution in [0.2, 0.25) is 0 Å². The largest absolute Gasteiger partial charge is 0.288 e. The van der Waals surface area contributed by atoms with E-state index in [1.165, 1.54) is 18.2 Å². The van der Waals surface area contributed by atoms with E-state index in [1.54, 1.807) is 0 Å². The van der Waals surface area contributed by atoms with Gasteiger partial charge in [-0.2, -0.15) is 0 Å². The van der Waals surface area contributed by atoms with Crippen LogP contribution < -0.4 is 0 Å². The Hall–Kier alpha value is -1.62. The molecule has 92 valence electrons. The summed E-state index contributed by atoms with van der Waals surface area (Å²) in [4.78, 5) is 11.9. The standard InChI is InChI=1S/C13H6BrF3O/c14-7-4-5-8(11(16)6-7)13(18)9-2-1-3-10(15)12(9)17/h1-6H. The first-order chi connectivity index (χ1) is 8.50. The van der Waals surface area contributed by atoms with Gasteiger partial charge in [0.2, 0.25) is 0 Å². The molecule has 0 amide bonds. The number of ketones is 1. The molecule has 2 aromatic rings. The monoisotopic (exact) mass is 314 g/mol. The molecule has 1 nitrogen and oxygen atoms in total. The molecule has 0 aromatic heterocycles. The summed E-state index contributed by atoms with van der Waals surface area (Å²) in [7, 11) is 0. The third-order valence-corrected chi connectivity index (χ3v) is 2.87. The van der Waals surface area contributed by atoms with Gasteiger partial charge in [0, 0.05) is 4.47 Å². The van der Waals surface area contributed by atoms with Crippen LogP contribution in [0.25, 0.3) is 0 Å². The Bertz CT molecular complexity index is 626. The molecule has 0 atom stereocenters. The van der Waals surface area contributed by atoms with Gasteiger partial charge in [0.25, 0.3) is 0 Å². The molecule has 0 N–H and O–H groups in total. The zero-order valence-corrected chi connectivity index (χ0v) is 10.5. The molecule has 0 aliphatic heterocycles. The van der Waals surface area contributed by atoms with E-state index in [1.807, 2.05) is 0 Å². The van der Waals surface area contributed by atoms with E-state index in [0.717, 1.165) is 18.2 Å². The van der Waals surface area contributed by atoms with Crippen LogP contribution in [0, 0.1) is 17.5 Å². The predicted molar refractivity (Wildman–Crippen MR) is 63.9 cm³/mol. The van der Waals surface area contributed by atoms with Crippen LogP contribution in [-0.2, 0) is 0 Å². The summed E-state index contributed by atoms with van der Waals surface area (Å²) in [5.74, 6) is -4.10. The van der Waals surface area contributed by atoms with Crippen molar-refractivity contribution in [2.75, 3.05) is 0 Å². The molecule has 0 unspecified atom stereocenters. The lowest BCUT2D eigenvalue weighted by Crippen LogP contribution is -2.08. The van der Waals surface area contributed by atoms with E-state index >= 15 is 0 Å². The van der Waals surface area contributed by atoms with E-state index in [0.29, 0.717) is 4.47 Å². The second-order valence-corrected chi connectivity index (χ2v) is 4.47. The Morgan fingerprint density at radius 1 is 0.944 bits per heavy atom. The zero-order valence-electron chi connectivity index (χ0n) is 8.88. The van der Waals surface area contributed by atoms with Gasteiger partial charge in [-0.15, -0.1) is 0 Å². The highest BCUT2D eigenvalue weighted by Crippen LogP contribution is 2.20. The summed E-state index contributed by atoms with van der Waals surface area (Å²) in [5.41, 5.74) is -0.793. The third-order valence-electron chi connectivity index (χ3n) is 2.37. The maximum Gasteiger partial charge on any atom is 0.199 e. The highest BCUT2D eigenvalue weighted by molar-refractivity contribution is 9.10. The predicted octanol–water partition coefficient (Wildman–Crippen LogP) is 4.10. The molecule has 0 heterocycles. The summed E-state index contributed by atoms with van der Waals surface area (Å²) in [5, 5.41) is 0. The van der Waals surface area contributed by atoms with E-state index in [2.05, 4.69) is 15.9 Å². The van der Waals surface area contributed by atoms with Crippen molar-refractivity contribution >= 4 is 21.7 Å². The minimum absolute atomic E-state index is 0.303.